The molecule has 1 aromatic carbocycles. The zero-order chi connectivity index (χ0) is 11.9. The van der Waals surface area contributed by atoms with E-state index < -0.39 is 11.7 Å². The summed E-state index contributed by atoms with van der Waals surface area (Å²) >= 11 is 3.11. The SMILES string of the molecule is N[C@@H]1CCCc2c1cc(Br)cc2C(F)(F)F. The lowest BCUT2D eigenvalue weighted by Gasteiger charge is -2.25. The van der Waals surface area contributed by atoms with Gasteiger partial charge < -0.3 is 5.73 Å². The highest BCUT2D eigenvalue weighted by molar-refractivity contribution is 9.10. The predicted octanol–water partition coefficient (Wildman–Crippen LogP) is 3.80. The second-order valence-corrected chi connectivity index (χ2v) is 4.93. The second kappa shape index (κ2) is 4.04. The van der Waals surface area contributed by atoms with Crippen molar-refractivity contribution < 1.29 is 13.2 Å². The van der Waals surface area contributed by atoms with E-state index in [1.165, 1.54) is 0 Å². The van der Waals surface area contributed by atoms with Gasteiger partial charge in [-0.25, -0.2) is 0 Å². The molecule has 1 nitrogen and oxygen atoms in total. The fourth-order valence-electron chi connectivity index (χ4n) is 2.17. The maximum absolute atomic E-state index is 12.8. The van der Waals surface area contributed by atoms with Crippen LogP contribution in [0.5, 0.6) is 0 Å². The lowest BCUT2D eigenvalue weighted by Crippen LogP contribution is -2.21. The van der Waals surface area contributed by atoms with E-state index in [0.29, 0.717) is 22.0 Å². The normalized spacial score (nSPS) is 20.7. The number of hydrogen-bond acceptors (Lipinski definition) is 1. The molecule has 0 aliphatic heterocycles. The zero-order valence-electron chi connectivity index (χ0n) is 8.44. The van der Waals surface area contributed by atoms with Gasteiger partial charge in [-0.2, -0.15) is 13.2 Å². The van der Waals surface area contributed by atoms with Crippen molar-refractivity contribution in [3.05, 3.63) is 33.3 Å². The van der Waals surface area contributed by atoms with Gasteiger partial charge in [0.2, 0.25) is 0 Å². The van der Waals surface area contributed by atoms with E-state index in [-0.39, 0.29) is 6.04 Å². The molecule has 0 radical (unpaired) electrons. The van der Waals surface area contributed by atoms with E-state index in [4.69, 9.17) is 5.73 Å². The van der Waals surface area contributed by atoms with Crippen molar-refractivity contribution in [3.8, 4) is 0 Å². The molecule has 0 unspecified atom stereocenters. The summed E-state index contributed by atoms with van der Waals surface area (Å²) in [7, 11) is 0. The first-order valence-electron chi connectivity index (χ1n) is 5.04. The highest BCUT2D eigenvalue weighted by Gasteiger charge is 2.36. The van der Waals surface area contributed by atoms with Crippen LogP contribution in [0.4, 0.5) is 13.2 Å². The molecule has 0 spiro atoms. The number of fused-ring (bicyclic) bond motifs is 1. The predicted molar refractivity (Wildman–Crippen MR) is 59.0 cm³/mol. The number of halogens is 4. The minimum atomic E-state index is -4.30. The summed E-state index contributed by atoms with van der Waals surface area (Å²) in [5.74, 6) is 0. The van der Waals surface area contributed by atoms with Crippen LogP contribution in [0, 0.1) is 0 Å². The van der Waals surface area contributed by atoms with E-state index in [2.05, 4.69) is 15.9 Å². The van der Waals surface area contributed by atoms with Crippen LogP contribution in [0.25, 0.3) is 0 Å². The molecule has 0 aromatic heterocycles. The van der Waals surface area contributed by atoms with Crippen molar-refractivity contribution in [1.29, 1.82) is 0 Å². The topological polar surface area (TPSA) is 26.0 Å². The van der Waals surface area contributed by atoms with Gasteiger partial charge in [-0.1, -0.05) is 15.9 Å². The van der Waals surface area contributed by atoms with Crippen molar-refractivity contribution in [2.75, 3.05) is 0 Å². The molecule has 16 heavy (non-hydrogen) atoms. The third kappa shape index (κ3) is 2.11. The highest BCUT2D eigenvalue weighted by Crippen LogP contribution is 2.40. The molecule has 2 rings (SSSR count). The molecule has 1 aliphatic rings. The molecule has 0 heterocycles. The Morgan fingerprint density at radius 1 is 1.31 bits per heavy atom. The highest BCUT2D eigenvalue weighted by atomic mass is 79.9. The van der Waals surface area contributed by atoms with E-state index in [0.717, 1.165) is 18.9 Å². The first-order chi connectivity index (χ1) is 7.39. The van der Waals surface area contributed by atoms with E-state index in [9.17, 15) is 13.2 Å². The van der Waals surface area contributed by atoms with Crippen molar-refractivity contribution in [1.82, 2.24) is 0 Å². The van der Waals surface area contributed by atoms with Crippen LogP contribution in [-0.4, -0.2) is 0 Å². The fraction of sp³-hybridized carbons (Fsp3) is 0.455. The first kappa shape index (κ1) is 11.9. The quantitative estimate of drug-likeness (QED) is 0.773. The minimum absolute atomic E-state index is 0.276. The summed E-state index contributed by atoms with van der Waals surface area (Å²) in [6, 6.07) is 2.56. The maximum atomic E-state index is 12.8. The average Bonchev–Trinajstić information content (AvgIpc) is 2.17. The summed E-state index contributed by atoms with van der Waals surface area (Å²) in [5, 5.41) is 0. The van der Waals surface area contributed by atoms with Gasteiger partial charge in [0, 0.05) is 10.5 Å². The zero-order valence-corrected chi connectivity index (χ0v) is 10.0. The van der Waals surface area contributed by atoms with Gasteiger partial charge >= 0.3 is 6.18 Å². The van der Waals surface area contributed by atoms with Crippen molar-refractivity contribution in [2.45, 2.75) is 31.5 Å². The molecule has 5 heteroatoms. The van der Waals surface area contributed by atoms with Gasteiger partial charge in [0.1, 0.15) is 0 Å². The smallest absolute Gasteiger partial charge is 0.324 e. The van der Waals surface area contributed by atoms with Gasteiger partial charge in [0.15, 0.2) is 0 Å². The second-order valence-electron chi connectivity index (χ2n) is 4.02. The number of alkyl halides is 3. The summed E-state index contributed by atoms with van der Waals surface area (Å²) in [6.45, 7) is 0. The molecule has 0 amide bonds. The standard InChI is InChI=1S/C11H11BrF3N/c12-6-4-8-7(2-1-3-10(8)16)9(5-6)11(13,14)15/h4-5,10H,1-3,16H2/t10-/m1/s1. The van der Waals surface area contributed by atoms with E-state index in [1.807, 2.05) is 0 Å². The number of nitrogens with two attached hydrogens (primary N) is 1. The number of benzene rings is 1. The Morgan fingerprint density at radius 3 is 2.62 bits per heavy atom. The third-order valence-electron chi connectivity index (χ3n) is 2.90. The molecule has 2 N–H and O–H groups in total. The largest absolute Gasteiger partial charge is 0.416 e. The Kier molecular flexibility index (Phi) is 3.01. The van der Waals surface area contributed by atoms with Crippen LogP contribution < -0.4 is 5.73 Å². The van der Waals surface area contributed by atoms with E-state index >= 15 is 0 Å². The summed E-state index contributed by atoms with van der Waals surface area (Å²) in [6.07, 6.45) is -2.37. The molecule has 88 valence electrons. The Morgan fingerprint density at radius 2 is 2.00 bits per heavy atom. The van der Waals surface area contributed by atoms with Crippen LogP contribution in [0.2, 0.25) is 0 Å². The van der Waals surface area contributed by atoms with Gasteiger partial charge in [-0.05, 0) is 42.5 Å². The number of rotatable bonds is 0. The Labute approximate surface area is 100.0 Å². The molecule has 1 aliphatic carbocycles. The van der Waals surface area contributed by atoms with Gasteiger partial charge in [-0.15, -0.1) is 0 Å². The lowest BCUT2D eigenvalue weighted by molar-refractivity contribution is -0.138. The van der Waals surface area contributed by atoms with Gasteiger partial charge in [0.25, 0.3) is 0 Å². The van der Waals surface area contributed by atoms with Crippen LogP contribution in [0.1, 0.15) is 35.6 Å². The molecule has 1 atom stereocenters. The number of hydrogen-bond donors (Lipinski definition) is 1. The molecular formula is C11H11BrF3N. The van der Waals surface area contributed by atoms with Crippen molar-refractivity contribution in [2.24, 2.45) is 5.73 Å². The van der Waals surface area contributed by atoms with Crippen LogP contribution in [-0.2, 0) is 12.6 Å². The molecule has 0 bridgehead atoms. The third-order valence-corrected chi connectivity index (χ3v) is 3.35. The van der Waals surface area contributed by atoms with Crippen molar-refractivity contribution >= 4 is 15.9 Å². The van der Waals surface area contributed by atoms with Crippen molar-refractivity contribution in [3.63, 3.8) is 0 Å². The van der Waals surface area contributed by atoms with Gasteiger partial charge in [-0.3, -0.25) is 0 Å². The fourth-order valence-corrected chi connectivity index (χ4v) is 2.65. The van der Waals surface area contributed by atoms with Crippen LogP contribution in [0.15, 0.2) is 16.6 Å². The Hall–Kier alpha value is -0.550. The molecule has 1 aromatic rings. The maximum Gasteiger partial charge on any atom is 0.416 e. The van der Waals surface area contributed by atoms with Gasteiger partial charge in [0.05, 0.1) is 5.56 Å². The van der Waals surface area contributed by atoms with Crippen LogP contribution in [0.3, 0.4) is 0 Å². The summed E-state index contributed by atoms with van der Waals surface area (Å²) < 4.78 is 38.9. The molecule has 0 saturated heterocycles. The first-order valence-corrected chi connectivity index (χ1v) is 5.84. The average molecular weight is 294 g/mol. The molecule has 0 fully saturated rings. The Bertz CT molecular complexity index is 414. The lowest BCUT2D eigenvalue weighted by atomic mass is 9.85. The van der Waals surface area contributed by atoms with E-state index in [1.54, 1.807) is 6.07 Å². The molecular weight excluding hydrogens is 283 g/mol. The summed E-state index contributed by atoms with van der Waals surface area (Å²) in [5.41, 5.74) is 6.29. The Balaban J connectivity index is 2.62. The molecule has 0 saturated carbocycles. The van der Waals surface area contributed by atoms with Crippen LogP contribution >= 0.6 is 15.9 Å². The summed E-state index contributed by atoms with van der Waals surface area (Å²) in [4.78, 5) is 0. The monoisotopic (exact) mass is 293 g/mol. The minimum Gasteiger partial charge on any atom is -0.324 e.